The van der Waals surface area contributed by atoms with Crippen LogP contribution in [-0.4, -0.2) is 53.2 Å². The quantitative estimate of drug-likeness (QED) is 0.760. The lowest BCUT2D eigenvalue weighted by Crippen LogP contribution is -2.55. The van der Waals surface area contributed by atoms with Crippen LogP contribution in [-0.2, 0) is 11.2 Å². The molecule has 0 spiro atoms. The molecule has 1 amide bonds. The summed E-state index contributed by atoms with van der Waals surface area (Å²) in [4.78, 5) is 37.6. The number of carbonyl (C=O) groups is 2. The molecule has 0 unspecified atom stereocenters. The van der Waals surface area contributed by atoms with Gasteiger partial charge in [-0.15, -0.1) is 0 Å². The number of aromatic nitrogens is 2. The highest BCUT2D eigenvalue weighted by Crippen LogP contribution is 2.39. The number of nitrogens with zero attached hydrogens (tertiary/aromatic N) is 4. The summed E-state index contributed by atoms with van der Waals surface area (Å²) in [7, 11) is 3.30. The van der Waals surface area contributed by atoms with E-state index in [0.717, 1.165) is 36.3 Å². The Morgan fingerprint density at radius 2 is 2.03 bits per heavy atom. The minimum absolute atomic E-state index is 0.0872. The first-order valence-corrected chi connectivity index (χ1v) is 10.8. The van der Waals surface area contributed by atoms with Crippen molar-refractivity contribution in [3.63, 3.8) is 0 Å². The zero-order chi connectivity index (χ0) is 22.1. The molecule has 1 atom stereocenters. The first-order chi connectivity index (χ1) is 14.9. The highest BCUT2D eigenvalue weighted by molar-refractivity contribution is 6.04. The maximum atomic E-state index is 13.0. The summed E-state index contributed by atoms with van der Waals surface area (Å²) in [6.07, 6.45) is 7.32. The molecule has 2 aliphatic rings. The Labute approximate surface area is 181 Å². The Morgan fingerprint density at radius 3 is 2.68 bits per heavy atom. The monoisotopic (exact) mass is 424 g/mol. The normalized spacial score (nSPS) is 18.9. The van der Waals surface area contributed by atoms with Crippen molar-refractivity contribution in [2.75, 3.05) is 24.0 Å². The first kappa shape index (κ1) is 21.1. The molecule has 1 aromatic heterocycles. The minimum atomic E-state index is -1.000. The van der Waals surface area contributed by atoms with Gasteiger partial charge in [0.2, 0.25) is 5.91 Å². The molecular formula is C23H28N4O4. The molecule has 1 aromatic carbocycles. The number of benzene rings is 1. The molecule has 0 radical (unpaired) electrons. The van der Waals surface area contributed by atoms with E-state index in [2.05, 4.69) is 9.88 Å². The summed E-state index contributed by atoms with van der Waals surface area (Å²) in [5.41, 5.74) is 1.72. The van der Waals surface area contributed by atoms with Crippen molar-refractivity contribution in [2.24, 2.45) is 0 Å². The van der Waals surface area contributed by atoms with Crippen molar-refractivity contribution in [3.05, 3.63) is 41.3 Å². The summed E-state index contributed by atoms with van der Waals surface area (Å²) in [5.74, 6) is 1.00. The van der Waals surface area contributed by atoms with E-state index in [-0.39, 0.29) is 17.5 Å². The number of carbonyl (C=O) groups excluding carboxylic acids is 1. The van der Waals surface area contributed by atoms with Crippen LogP contribution in [0.5, 0.6) is 5.75 Å². The lowest BCUT2D eigenvalue weighted by molar-refractivity contribution is -0.120. The summed E-state index contributed by atoms with van der Waals surface area (Å²) in [6.45, 7) is 2.04. The van der Waals surface area contributed by atoms with E-state index in [1.165, 1.54) is 26.0 Å². The van der Waals surface area contributed by atoms with E-state index in [1.54, 1.807) is 30.3 Å². The van der Waals surface area contributed by atoms with Crippen molar-refractivity contribution in [3.8, 4) is 5.75 Å². The third kappa shape index (κ3) is 3.82. The van der Waals surface area contributed by atoms with Gasteiger partial charge >= 0.3 is 5.97 Å². The Bertz CT molecular complexity index is 1000. The van der Waals surface area contributed by atoms with Gasteiger partial charge in [0.25, 0.3) is 0 Å². The summed E-state index contributed by atoms with van der Waals surface area (Å²) in [5, 5.41) is 9.23. The van der Waals surface area contributed by atoms with Crippen LogP contribution in [0.15, 0.2) is 24.4 Å². The van der Waals surface area contributed by atoms with Gasteiger partial charge in [0.05, 0.1) is 18.9 Å². The number of fused-ring (bicyclic) bond motifs is 1. The van der Waals surface area contributed by atoms with Gasteiger partial charge in [-0.1, -0.05) is 25.8 Å². The van der Waals surface area contributed by atoms with E-state index in [0.29, 0.717) is 24.0 Å². The molecule has 1 aliphatic carbocycles. The Kier molecular flexibility index (Phi) is 5.80. The number of amides is 1. The molecule has 1 N–H and O–H groups in total. The van der Waals surface area contributed by atoms with Gasteiger partial charge in [-0.05, 0) is 31.4 Å². The molecule has 8 heteroatoms. The zero-order valence-electron chi connectivity index (χ0n) is 18.2. The average molecular weight is 425 g/mol. The van der Waals surface area contributed by atoms with E-state index in [9.17, 15) is 14.7 Å². The molecule has 2 aromatic rings. The Hall–Kier alpha value is -3.16. The van der Waals surface area contributed by atoms with Crippen molar-refractivity contribution >= 4 is 23.4 Å². The number of hydrogen-bond donors (Lipinski definition) is 1. The minimum Gasteiger partial charge on any atom is -0.496 e. The summed E-state index contributed by atoms with van der Waals surface area (Å²) >= 11 is 0. The van der Waals surface area contributed by atoms with E-state index < -0.39 is 5.97 Å². The maximum absolute atomic E-state index is 13.0. The predicted molar refractivity (Wildman–Crippen MR) is 117 cm³/mol. The van der Waals surface area contributed by atoms with Crippen LogP contribution in [0.2, 0.25) is 0 Å². The van der Waals surface area contributed by atoms with Gasteiger partial charge in [0.1, 0.15) is 23.3 Å². The van der Waals surface area contributed by atoms with Gasteiger partial charge < -0.3 is 19.6 Å². The number of carboxylic acid groups (broad SMARTS) is 1. The largest absolute Gasteiger partial charge is 0.496 e. The standard InChI is InChI=1S/C23H28N4O4/c1-4-17-22(28)26(2)18-13-24-20(25-21(18)27(17)16-7-5-6-8-16)12-14-9-10-15(23(29)30)11-19(14)31-3/h9-11,13,16-17H,4-8,12H2,1-3H3,(H,29,30)/t17-/m1/s1. The van der Waals surface area contributed by atoms with Crippen LogP contribution >= 0.6 is 0 Å². The summed E-state index contributed by atoms with van der Waals surface area (Å²) < 4.78 is 5.41. The maximum Gasteiger partial charge on any atom is 0.335 e. The van der Waals surface area contributed by atoms with Crippen molar-refractivity contribution in [1.82, 2.24) is 9.97 Å². The fraction of sp³-hybridized carbons (Fsp3) is 0.478. The predicted octanol–water partition coefficient (Wildman–Crippen LogP) is 3.28. The number of anilines is 2. The number of hydrogen-bond acceptors (Lipinski definition) is 6. The van der Waals surface area contributed by atoms with Crippen LogP contribution < -0.4 is 14.5 Å². The van der Waals surface area contributed by atoms with Crippen molar-refractivity contribution < 1.29 is 19.4 Å². The van der Waals surface area contributed by atoms with Gasteiger partial charge in [-0.2, -0.15) is 0 Å². The highest BCUT2D eigenvalue weighted by Gasteiger charge is 2.41. The number of ether oxygens (including phenoxy) is 1. The zero-order valence-corrected chi connectivity index (χ0v) is 18.2. The topological polar surface area (TPSA) is 95.9 Å². The molecule has 0 saturated heterocycles. The molecule has 31 heavy (non-hydrogen) atoms. The van der Waals surface area contributed by atoms with Gasteiger partial charge in [0, 0.05) is 25.1 Å². The number of methoxy groups -OCH3 is 1. The lowest BCUT2D eigenvalue weighted by Gasteiger charge is -2.43. The molecule has 1 fully saturated rings. The molecule has 2 heterocycles. The SMILES string of the molecule is CC[C@@H]1C(=O)N(C)c2cnc(Cc3ccc(C(=O)O)cc3OC)nc2N1C1CCCC1. The third-order valence-electron chi connectivity index (χ3n) is 6.34. The molecule has 0 bridgehead atoms. The first-order valence-electron chi connectivity index (χ1n) is 10.8. The molecule has 8 nitrogen and oxygen atoms in total. The second-order valence-electron chi connectivity index (χ2n) is 8.17. The van der Waals surface area contributed by atoms with Crippen molar-refractivity contribution in [2.45, 2.75) is 57.5 Å². The van der Waals surface area contributed by atoms with E-state index in [1.807, 2.05) is 6.92 Å². The fourth-order valence-electron chi connectivity index (χ4n) is 4.70. The second kappa shape index (κ2) is 8.53. The summed E-state index contributed by atoms with van der Waals surface area (Å²) in [6, 6.07) is 4.91. The highest BCUT2D eigenvalue weighted by atomic mass is 16.5. The Morgan fingerprint density at radius 1 is 1.29 bits per heavy atom. The molecule has 4 rings (SSSR count). The van der Waals surface area contributed by atoms with Crippen LogP contribution in [0, 0.1) is 0 Å². The smallest absolute Gasteiger partial charge is 0.335 e. The van der Waals surface area contributed by atoms with E-state index in [4.69, 9.17) is 9.72 Å². The van der Waals surface area contributed by atoms with Crippen LogP contribution in [0.25, 0.3) is 0 Å². The van der Waals surface area contributed by atoms with Crippen LogP contribution in [0.1, 0.15) is 60.8 Å². The number of rotatable bonds is 6. The molecule has 164 valence electrons. The van der Waals surface area contributed by atoms with Crippen LogP contribution in [0.4, 0.5) is 11.5 Å². The Balaban J connectivity index is 1.72. The number of likely N-dealkylation sites (N-methyl/N-ethyl adjacent to an activating group) is 1. The lowest BCUT2D eigenvalue weighted by atomic mass is 10.0. The number of carboxylic acids is 1. The fourth-order valence-corrected chi connectivity index (χ4v) is 4.70. The second-order valence-corrected chi connectivity index (χ2v) is 8.17. The van der Waals surface area contributed by atoms with Gasteiger partial charge in [-0.3, -0.25) is 4.79 Å². The molecule has 1 aliphatic heterocycles. The molecule has 1 saturated carbocycles. The third-order valence-corrected chi connectivity index (χ3v) is 6.34. The number of aromatic carboxylic acids is 1. The van der Waals surface area contributed by atoms with Crippen LogP contribution in [0.3, 0.4) is 0 Å². The molecular weight excluding hydrogens is 396 g/mol. The van der Waals surface area contributed by atoms with Crippen molar-refractivity contribution in [1.29, 1.82) is 0 Å². The van der Waals surface area contributed by atoms with E-state index >= 15 is 0 Å². The average Bonchev–Trinajstić information content (AvgIpc) is 3.30. The van der Waals surface area contributed by atoms with Gasteiger partial charge in [0.15, 0.2) is 5.82 Å². The van der Waals surface area contributed by atoms with Gasteiger partial charge in [-0.25, -0.2) is 14.8 Å².